The lowest BCUT2D eigenvalue weighted by molar-refractivity contribution is -0.207. The molecule has 41 heavy (non-hydrogen) atoms. The van der Waals surface area contributed by atoms with Crippen LogP contribution in [-0.2, 0) is 30.4 Å². The van der Waals surface area contributed by atoms with Gasteiger partial charge in [0.15, 0.2) is 18.2 Å². The average molecular weight is 572 g/mol. The van der Waals surface area contributed by atoms with Gasteiger partial charge >= 0.3 is 19.1 Å². The van der Waals surface area contributed by atoms with Crippen molar-refractivity contribution in [3.8, 4) is 5.75 Å². The van der Waals surface area contributed by atoms with Crippen molar-refractivity contribution in [1.29, 1.82) is 0 Å². The fourth-order valence-electron chi connectivity index (χ4n) is 8.42. The Morgan fingerprint density at radius 1 is 1.24 bits per heavy atom. The van der Waals surface area contributed by atoms with Crippen LogP contribution in [-0.4, -0.2) is 58.9 Å². The third-order valence-corrected chi connectivity index (χ3v) is 10.9. The van der Waals surface area contributed by atoms with Crippen LogP contribution in [0.4, 0.5) is 4.39 Å². The van der Waals surface area contributed by atoms with E-state index in [-0.39, 0.29) is 41.9 Å². The lowest BCUT2D eigenvalue weighted by atomic mass is 9.44. The van der Waals surface area contributed by atoms with Crippen molar-refractivity contribution in [2.75, 3.05) is 6.61 Å². The highest BCUT2D eigenvalue weighted by molar-refractivity contribution is 6.61. The Morgan fingerprint density at radius 3 is 2.68 bits per heavy atom. The molecule has 0 spiro atoms. The van der Waals surface area contributed by atoms with Crippen molar-refractivity contribution in [2.24, 2.45) is 34.0 Å². The number of carboxylic acid groups (broad SMARTS) is 1. The summed E-state index contributed by atoms with van der Waals surface area (Å²) in [5.41, 5.74) is -1.90. The molecule has 3 N–H and O–H groups in total. The third kappa shape index (κ3) is 4.70. The van der Waals surface area contributed by atoms with Gasteiger partial charge in [-0.15, -0.1) is 0 Å². The minimum Gasteiger partial charge on any atom is -0.479 e. The maximum atomic E-state index is 15.0. The van der Waals surface area contributed by atoms with Crippen LogP contribution >= 0.6 is 0 Å². The van der Waals surface area contributed by atoms with Gasteiger partial charge < -0.3 is 29.4 Å². The van der Waals surface area contributed by atoms with E-state index in [0.717, 1.165) is 18.9 Å². The van der Waals surface area contributed by atoms with E-state index in [4.69, 9.17) is 14.1 Å². The first-order chi connectivity index (χ1) is 19.2. The zero-order chi connectivity index (χ0) is 29.9. The van der Waals surface area contributed by atoms with Gasteiger partial charge in [-0.2, -0.15) is 0 Å². The molecule has 8 atom stereocenters. The molecule has 1 aliphatic heterocycles. The van der Waals surface area contributed by atoms with Crippen LogP contribution in [0.15, 0.2) is 24.3 Å². The number of hydrogen-bond donors (Lipinski definition) is 3. The number of carboxylic acids is 1. The predicted molar refractivity (Wildman–Crippen MR) is 146 cm³/mol. The summed E-state index contributed by atoms with van der Waals surface area (Å²) in [6.45, 7) is 7.18. The van der Waals surface area contributed by atoms with Crippen LogP contribution in [0.25, 0.3) is 0 Å². The largest absolute Gasteiger partial charge is 0.494 e. The normalized spacial score (nSPS) is 38.3. The molecule has 3 fully saturated rings. The fraction of sp³-hybridized carbons (Fsp3) is 0.633. The highest BCUT2D eigenvalue weighted by Crippen LogP contribution is 2.68. The van der Waals surface area contributed by atoms with Gasteiger partial charge in [0.05, 0.1) is 12.7 Å². The molecule has 11 heteroatoms. The van der Waals surface area contributed by atoms with Crippen LogP contribution in [0.5, 0.6) is 5.75 Å². The molecule has 2 bridgehead atoms. The van der Waals surface area contributed by atoms with Gasteiger partial charge in [-0.25, -0.2) is 14.0 Å². The summed E-state index contributed by atoms with van der Waals surface area (Å²) in [4.78, 5) is 38.3. The zero-order valence-electron chi connectivity index (χ0n) is 23.9. The number of fused-ring (bicyclic) bond motifs is 1. The number of carbonyl (C=O) groups excluding carboxylic acids is 2. The second-order valence-corrected chi connectivity index (χ2v) is 12.9. The number of halogens is 1. The molecular weight excluding hydrogens is 534 g/mol. The molecule has 0 amide bonds. The molecule has 4 aliphatic rings. The molecule has 0 saturated heterocycles. The SMILES string of the molecule is C[C@H]1[C@H](O)[C@](C)(/C=C/C(=O)O)C[C@@H](OC(=O)COc2ccc3c(c2F)B(O)OC3)[C@@]2(C)[C@@H]3C(=O)CC[C@]31CC[C@@H]2C. The van der Waals surface area contributed by atoms with Crippen molar-refractivity contribution in [3.63, 3.8) is 0 Å². The number of hydrogen-bond acceptors (Lipinski definition) is 8. The van der Waals surface area contributed by atoms with E-state index in [2.05, 4.69) is 0 Å². The smallest absolute Gasteiger partial charge is 0.479 e. The number of esters is 1. The summed E-state index contributed by atoms with van der Waals surface area (Å²) in [6, 6.07) is 2.92. The monoisotopic (exact) mass is 572 g/mol. The summed E-state index contributed by atoms with van der Waals surface area (Å²) < 4.78 is 31.6. The Labute approximate surface area is 239 Å². The zero-order valence-corrected chi connectivity index (χ0v) is 23.9. The van der Waals surface area contributed by atoms with Crippen molar-refractivity contribution < 1.29 is 48.1 Å². The van der Waals surface area contributed by atoms with Crippen molar-refractivity contribution >= 4 is 30.3 Å². The average Bonchev–Trinajstić information content (AvgIpc) is 3.48. The van der Waals surface area contributed by atoms with Crippen molar-refractivity contribution in [2.45, 2.75) is 78.6 Å². The number of carbonyl (C=O) groups is 3. The second-order valence-electron chi connectivity index (χ2n) is 12.9. The third-order valence-electron chi connectivity index (χ3n) is 10.9. The maximum absolute atomic E-state index is 15.0. The molecule has 0 aromatic heterocycles. The molecule has 1 aromatic rings. The highest BCUT2D eigenvalue weighted by atomic mass is 19.1. The van der Waals surface area contributed by atoms with Gasteiger partial charge in [-0.05, 0) is 54.6 Å². The molecule has 5 rings (SSSR count). The standard InChI is InChI=1S/C30H38BFO9/c1-16-7-11-30-12-8-19(33)26(30)29(16,4)21(13-28(3,10-9-22(34)35)27(37)17(30)2)41-23(36)15-39-20-6-5-18-14-40-31(38)24(18)25(20)32/h5-6,9-10,16-17,21,26-27,37-38H,7-8,11-15H2,1-4H3,(H,34,35)/b10-9+/t16-,17-,21+,26-,27-,28+,29-,30-/m0/s1. The van der Waals surface area contributed by atoms with Gasteiger partial charge in [0, 0.05) is 34.7 Å². The number of aliphatic hydroxyl groups excluding tert-OH is 1. The number of ether oxygens (including phenoxy) is 2. The topological polar surface area (TPSA) is 140 Å². The van der Waals surface area contributed by atoms with Gasteiger partial charge in [0.2, 0.25) is 0 Å². The van der Waals surface area contributed by atoms with E-state index in [9.17, 15) is 34.0 Å². The van der Waals surface area contributed by atoms with Gasteiger partial charge in [0.1, 0.15) is 11.9 Å². The minimum atomic E-state index is -1.42. The first-order valence-electron chi connectivity index (χ1n) is 14.3. The van der Waals surface area contributed by atoms with E-state index in [1.165, 1.54) is 12.1 Å². The van der Waals surface area contributed by atoms with Crippen LogP contribution in [0.1, 0.15) is 65.4 Å². The Morgan fingerprint density at radius 2 is 1.98 bits per heavy atom. The van der Waals surface area contributed by atoms with E-state index in [0.29, 0.717) is 18.4 Å². The van der Waals surface area contributed by atoms with Crippen LogP contribution in [0.2, 0.25) is 0 Å². The summed E-state index contributed by atoms with van der Waals surface area (Å²) in [5, 5.41) is 31.1. The van der Waals surface area contributed by atoms with E-state index in [1.54, 1.807) is 13.0 Å². The summed E-state index contributed by atoms with van der Waals surface area (Å²) in [6.07, 6.45) is 3.24. The number of ketones is 1. The Balaban J connectivity index is 1.48. The van der Waals surface area contributed by atoms with Gasteiger partial charge in [-0.3, -0.25) is 4.79 Å². The molecule has 3 aliphatic carbocycles. The highest BCUT2D eigenvalue weighted by Gasteiger charge is 2.68. The molecular formula is C30H38BFO9. The molecule has 0 unspecified atom stereocenters. The quantitative estimate of drug-likeness (QED) is 0.267. The fourth-order valence-corrected chi connectivity index (χ4v) is 8.42. The maximum Gasteiger partial charge on any atom is 0.494 e. The minimum absolute atomic E-state index is 0.00724. The first-order valence-corrected chi connectivity index (χ1v) is 14.3. The van der Waals surface area contributed by atoms with Crippen LogP contribution in [0, 0.1) is 39.8 Å². The summed E-state index contributed by atoms with van der Waals surface area (Å²) >= 11 is 0. The van der Waals surface area contributed by atoms with E-state index in [1.807, 2.05) is 20.8 Å². The molecule has 1 heterocycles. The van der Waals surface area contributed by atoms with Crippen molar-refractivity contribution in [1.82, 2.24) is 0 Å². The van der Waals surface area contributed by atoms with Crippen molar-refractivity contribution in [3.05, 3.63) is 35.7 Å². The number of benzene rings is 1. The van der Waals surface area contributed by atoms with E-state index >= 15 is 0 Å². The lowest BCUT2D eigenvalue weighted by Crippen LogP contribution is -2.63. The molecule has 1 aromatic carbocycles. The Bertz CT molecular complexity index is 1280. The number of aliphatic carboxylic acids is 1. The number of aliphatic hydroxyl groups is 1. The second kappa shape index (κ2) is 10.5. The molecule has 3 saturated carbocycles. The van der Waals surface area contributed by atoms with Crippen LogP contribution in [0.3, 0.4) is 0 Å². The molecule has 0 radical (unpaired) electrons. The lowest BCUT2D eigenvalue weighted by Gasteiger charge is -2.61. The first kappa shape index (κ1) is 29.7. The van der Waals surface area contributed by atoms with Gasteiger partial charge in [0.25, 0.3) is 0 Å². The predicted octanol–water partition coefficient (Wildman–Crippen LogP) is 2.78. The summed E-state index contributed by atoms with van der Waals surface area (Å²) in [7, 11) is -1.42. The number of rotatable bonds is 6. The molecule has 222 valence electrons. The van der Waals surface area contributed by atoms with E-state index < -0.39 is 65.9 Å². The number of Topliss-reactive ketones (excluding diaryl/α,β-unsaturated/α-hetero) is 1. The van der Waals surface area contributed by atoms with Crippen LogP contribution < -0.4 is 10.2 Å². The molecule has 9 nitrogen and oxygen atoms in total. The van der Waals surface area contributed by atoms with Gasteiger partial charge in [-0.1, -0.05) is 39.8 Å². The Kier molecular flexibility index (Phi) is 7.62. The Hall–Kier alpha value is -2.76. The summed E-state index contributed by atoms with van der Waals surface area (Å²) in [5.74, 6) is -3.63.